The molecule has 1 aliphatic rings. The van der Waals surface area contributed by atoms with Crippen LogP contribution < -0.4 is 14.2 Å². The van der Waals surface area contributed by atoms with Crippen LogP contribution in [0.3, 0.4) is 0 Å². The Kier molecular flexibility index (Phi) is 5.24. The van der Waals surface area contributed by atoms with E-state index in [0.29, 0.717) is 29.5 Å². The van der Waals surface area contributed by atoms with Gasteiger partial charge in [0.1, 0.15) is 5.37 Å². The van der Waals surface area contributed by atoms with E-state index in [2.05, 4.69) is 6.58 Å². The van der Waals surface area contributed by atoms with Crippen LogP contribution in [0.1, 0.15) is 17.9 Å². The molecule has 22 heavy (non-hydrogen) atoms. The number of carbonyl (C=O) groups excluding carboxylic acids is 1. The third-order valence-electron chi connectivity index (χ3n) is 3.38. The number of carbonyl (C=O) groups is 1. The monoisotopic (exact) mass is 323 g/mol. The minimum absolute atomic E-state index is 0.0714. The predicted octanol–water partition coefficient (Wildman–Crippen LogP) is 2.86. The lowest BCUT2D eigenvalue weighted by molar-refractivity contribution is -0.127. The van der Waals surface area contributed by atoms with E-state index in [1.165, 1.54) is 0 Å². The molecule has 1 saturated heterocycles. The molecule has 1 amide bonds. The van der Waals surface area contributed by atoms with Gasteiger partial charge in [-0.2, -0.15) is 0 Å². The minimum atomic E-state index is -0.0714. The first-order chi connectivity index (χ1) is 10.5. The Hall–Kier alpha value is -1.82. The fourth-order valence-electron chi connectivity index (χ4n) is 2.44. The molecule has 2 rings (SSSR count). The van der Waals surface area contributed by atoms with Gasteiger partial charge in [-0.15, -0.1) is 11.8 Å². The molecule has 120 valence electrons. The summed E-state index contributed by atoms with van der Waals surface area (Å²) in [6.45, 7) is 6.37. The Labute approximate surface area is 135 Å². The van der Waals surface area contributed by atoms with E-state index < -0.39 is 0 Å². The summed E-state index contributed by atoms with van der Waals surface area (Å²) in [7, 11) is 4.74. The van der Waals surface area contributed by atoms with E-state index in [1.807, 2.05) is 24.0 Å². The van der Waals surface area contributed by atoms with E-state index in [0.717, 1.165) is 11.1 Å². The van der Waals surface area contributed by atoms with Crippen LogP contribution in [0.5, 0.6) is 17.2 Å². The molecule has 1 aromatic rings. The number of amides is 1. The molecule has 1 aliphatic heterocycles. The van der Waals surface area contributed by atoms with Gasteiger partial charge >= 0.3 is 0 Å². The molecule has 0 saturated carbocycles. The minimum Gasteiger partial charge on any atom is -0.493 e. The van der Waals surface area contributed by atoms with Crippen LogP contribution in [-0.4, -0.2) is 44.4 Å². The van der Waals surface area contributed by atoms with Crippen LogP contribution >= 0.6 is 11.8 Å². The maximum atomic E-state index is 12.1. The number of hydrogen-bond acceptors (Lipinski definition) is 5. The van der Waals surface area contributed by atoms with Crippen molar-refractivity contribution in [3.63, 3.8) is 0 Å². The largest absolute Gasteiger partial charge is 0.493 e. The van der Waals surface area contributed by atoms with Crippen molar-refractivity contribution in [2.24, 2.45) is 0 Å². The molecular weight excluding hydrogens is 302 g/mol. The van der Waals surface area contributed by atoms with Crippen molar-refractivity contribution in [3.8, 4) is 17.2 Å². The summed E-state index contributed by atoms with van der Waals surface area (Å²) in [5.41, 5.74) is 1.90. The third kappa shape index (κ3) is 3.16. The Morgan fingerprint density at radius 1 is 1.27 bits per heavy atom. The summed E-state index contributed by atoms with van der Waals surface area (Å²) in [6.07, 6.45) is 0. The SMILES string of the molecule is C=C(C)CN1C(=O)CSC1c1cc(OC)c(OC)c(OC)c1. The molecule has 0 bridgehead atoms. The molecule has 1 heterocycles. The maximum absolute atomic E-state index is 12.1. The van der Waals surface area contributed by atoms with Crippen molar-refractivity contribution in [1.82, 2.24) is 4.90 Å². The molecule has 1 aromatic carbocycles. The fourth-order valence-corrected chi connectivity index (χ4v) is 3.60. The Bertz CT molecular complexity index is 563. The van der Waals surface area contributed by atoms with Gasteiger partial charge in [-0.3, -0.25) is 4.79 Å². The Balaban J connectivity index is 2.42. The lowest BCUT2D eigenvalue weighted by atomic mass is 10.1. The molecule has 0 aliphatic carbocycles. The van der Waals surface area contributed by atoms with Gasteiger partial charge in [0.2, 0.25) is 11.7 Å². The van der Waals surface area contributed by atoms with E-state index in [9.17, 15) is 4.79 Å². The number of thioether (sulfide) groups is 1. The van der Waals surface area contributed by atoms with E-state index in [4.69, 9.17) is 14.2 Å². The first kappa shape index (κ1) is 16.5. The van der Waals surface area contributed by atoms with Crippen LogP contribution in [-0.2, 0) is 4.79 Å². The second-order valence-corrected chi connectivity index (χ2v) is 6.17. The van der Waals surface area contributed by atoms with Gasteiger partial charge < -0.3 is 19.1 Å². The van der Waals surface area contributed by atoms with E-state index >= 15 is 0 Å². The summed E-state index contributed by atoms with van der Waals surface area (Å²) in [5.74, 6) is 2.31. The maximum Gasteiger partial charge on any atom is 0.234 e. The lowest BCUT2D eigenvalue weighted by Crippen LogP contribution is -2.29. The number of nitrogens with zero attached hydrogens (tertiary/aromatic N) is 1. The highest BCUT2D eigenvalue weighted by atomic mass is 32.2. The summed E-state index contributed by atoms with van der Waals surface area (Å²) < 4.78 is 16.1. The topological polar surface area (TPSA) is 48.0 Å². The first-order valence-electron chi connectivity index (χ1n) is 6.87. The normalized spacial score (nSPS) is 17.5. The zero-order valence-corrected chi connectivity index (χ0v) is 14.2. The Morgan fingerprint density at radius 3 is 2.32 bits per heavy atom. The average molecular weight is 323 g/mol. The van der Waals surface area contributed by atoms with E-state index in [1.54, 1.807) is 33.1 Å². The van der Waals surface area contributed by atoms with Gasteiger partial charge in [-0.05, 0) is 24.6 Å². The van der Waals surface area contributed by atoms with Crippen LogP contribution in [0, 0.1) is 0 Å². The highest BCUT2D eigenvalue weighted by Gasteiger charge is 2.33. The van der Waals surface area contributed by atoms with Crippen LogP contribution in [0.2, 0.25) is 0 Å². The average Bonchev–Trinajstić information content (AvgIpc) is 2.86. The quantitative estimate of drug-likeness (QED) is 0.753. The molecule has 0 spiro atoms. The Morgan fingerprint density at radius 2 is 1.86 bits per heavy atom. The summed E-state index contributed by atoms with van der Waals surface area (Å²) in [5, 5.41) is -0.0714. The summed E-state index contributed by atoms with van der Waals surface area (Å²) in [6, 6.07) is 3.78. The standard InChI is InChI=1S/C16H21NO4S/c1-10(2)8-17-14(18)9-22-16(17)11-6-12(19-3)15(21-5)13(7-11)20-4/h6-7,16H,1,8-9H2,2-5H3. The highest BCUT2D eigenvalue weighted by Crippen LogP contribution is 2.45. The second kappa shape index (κ2) is 6.96. The molecule has 5 nitrogen and oxygen atoms in total. The van der Waals surface area contributed by atoms with Crippen molar-refractivity contribution < 1.29 is 19.0 Å². The zero-order valence-electron chi connectivity index (χ0n) is 13.3. The second-order valence-electron chi connectivity index (χ2n) is 5.10. The third-order valence-corrected chi connectivity index (χ3v) is 4.64. The number of benzene rings is 1. The molecule has 1 atom stereocenters. The fraction of sp³-hybridized carbons (Fsp3) is 0.438. The molecule has 1 fully saturated rings. The van der Waals surface area contributed by atoms with Gasteiger partial charge in [-0.1, -0.05) is 12.2 Å². The van der Waals surface area contributed by atoms with Gasteiger partial charge in [0.15, 0.2) is 11.5 Å². The molecule has 0 N–H and O–H groups in total. The van der Waals surface area contributed by atoms with Crippen molar-refractivity contribution >= 4 is 17.7 Å². The van der Waals surface area contributed by atoms with Gasteiger partial charge in [0.05, 0.1) is 27.1 Å². The number of hydrogen-bond donors (Lipinski definition) is 0. The van der Waals surface area contributed by atoms with Gasteiger partial charge in [0, 0.05) is 6.54 Å². The number of rotatable bonds is 6. The molecular formula is C16H21NO4S. The highest BCUT2D eigenvalue weighted by molar-refractivity contribution is 8.00. The summed E-state index contributed by atoms with van der Waals surface area (Å²) in [4.78, 5) is 13.9. The first-order valence-corrected chi connectivity index (χ1v) is 7.92. The van der Waals surface area contributed by atoms with Crippen LogP contribution in [0.15, 0.2) is 24.3 Å². The van der Waals surface area contributed by atoms with Crippen LogP contribution in [0.25, 0.3) is 0 Å². The molecule has 6 heteroatoms. The lowest BCUT2D eigenvalue weighted by Gasteiger charge is -2.25. The van der Waals surface area contributed by atoms with Crippen molar-refractivity contribution in [2.75, 3.05) is 33.6 Å². The molecule has 0 aromatic heterocycles. The number of ether oxygens (including phenoxy) is 3. The number of methoxy groups -OCH3 is 3. The van der Waals surface area contributed by atoms with Crippen LogP contribution in [0.4, 0.5) is 0 Å². The van der Waals surface area contributed by atoms with Gasteiger partial charge in [0.25, 0.3) is 0 Å². The molecule has 1 unspecified atom stereocenters. The summed E-state index contributed by atoms with van der Waals surface area (Å²) >= 11 is 1.59. The predicted molar refractivity (Wildman–Crippen MR) is 87.8 cm³/mol. The van der Waals surface area contributed by atoms with Crippen molar-refractivity contribution in [3.05, 3.63) is 29.8 Å². The van der Waals surface area contributed by atoms with Gasteiger partial charge in [-0.25, -0.2) is 0 Å². The van der Waals surface area contributed by atoms with Crippen molar-refractivity contribution in [2.45, 2.75) is 12.3 Å². The van der Waals surface area contributed by atoms with Crippen molar-refractivity contribution in [1.29, 1.82) is 0 Å². The smallest absolute Gasteiger partial charge is 0.234 e. The zero-order chi connectivity index (χ0) is 16.3. The van der Waals surface area contributed by atoms with E-state index in [-0.39, 0.29) is 11.3 Å². The molecule has 0 radical (unpaired) electrons.